The summed E-state index contributed by atoms with van der Waals surface area (Å²) in [5.41, 5.74) is 12.2. The molecule has 0 saturated heterocycles. The first-order chi connectivity index (χ1) is 22.0. The van der Waals surface area contributed by atoms with Gasteiger partial charge in [0.1, 0.15) is 5.82 Å². The molecule has 1 aliphatic heterocycles. The van der Waals surface area contributed by atoms with Crippen molar-refractivity contribution in [2.24, 2.45) is 7.05 Å². The number of hydrogen-bond donors (Lipinski definition) is 4. The van der Waals surface area contributed by atoms with E-state index in [1.165, 1.54) is 12.7 Å². The third kappa shape index (κ3) is 6.98. The molecule has 0 spiro atoms. The fourth-order valence-electron chi connectivity index (χ4n) is 5.65. The van der Waals surface area contributed by atoms with E-state index >= 15 is 0 Å². The number of anilines is 3. The molecule has 11 nitrogen and oxygen atoms in total. The van der Waals surface area contributed by atoms with Crippen LogP contribution in [0.25, 0.3) is 5.70 Å². The third-order valence-electron chi connectivity index (χ3n) is 8.32. The summed E-state index contributed by atoms with van der Waals surface area (Å²) in [5.74, 6) is 0.764. The number of carbonyl (C=O) groups is 1. The van der Waals surface area contributed by atoms with Crippen LogP contribution in [0.15, 0.2) is 73.1 Å². The number of hydrogen-bond acceptors (Lipinski definition) is 8. The van der Waals surface area contributed by atoms with Crippen molar-refractivity contribution in [1.82, 2.24) is 20.5 Å². The number of amides is 1. The van der Waals surface area contributed by atoms with Crippen LogP contribution in [0.5, 0.6) is 5.75 Å². The van der Waals surface area contributed by atoms with Crippen LogP contribution in [0.1, 0.15) is 73.2 Å². The molecule has 0 unspecified atom stereocenters. The van der Waals surface area contributed by atoms with Crippen molar-refractivity contribution in [2.45, 2.75) is 52.4 Å². The number of carbonyl (C=O) groups excluding carboxylic acids is 1. The summed E-state index contributed by atoms with van der Waals surface area (Å²) in [7, 11) is -0.171. The zero-order valence-corrected chi connectivity index (χ0v) is 29.1. The molecule has 0 aliphatic carbocycles. The number of nitrogens with one attached hydrogen (secondary N) is 4. The molecule has 0 saturated carbocycles. The Labute approximate surface area is 277 Å². The van der Waals surface area contributed by atoms with Gasteiger partial charge in [0, 0.05) is 18.0 Å². The molecule has 47 heavy (non-hydrogen) atoms. The first kappa shape index (κ1) is 33.6. The number of ether oxygens (including phenoxy) is 1. The van der Waals surface area contributed by atoms with Crippen LogP contribution in [0.3, 0.4) is 0 Å². The first-order valence-electron chi connectivity index (χ1n) is 15.2. The standard InChI is InChI=1S/C35H43N7O4S/c1-22-15-16-23(32(43)37-26-18-25(34(2,3)4)19-27(31(26)46-8)39-47(9,44)45)17-29(22)42-21-28(38-40-42)30-20-36-33(41(30)7)35(5,6)24-13-11-10-12-14-24/h10-21,38-40H,1-9H3,(H,37,43). The van der Waals surface area contributed by atoms with Gasteiger partial charge in [-0.05, 0) is 67.1 Å². The molecule has 1 amide bonds. The van der Waals surface area contributed by atoms with Gasteiger partial charge in [-0.15, -0.1) is 5.53 Å². The molecule has 4 N–H and O–H groups in total. The fourth-order valence-corrected chi connectivity index (χ4v) is 6.20. The molecule has 2 heterocycles. The number of hydrazine groups is 2. The second kappa shape index (κ2) is 12.4. The molecular weight excluding hydrogens is 614 g/mol. The van der Waals surface area contributed by atoms with Crippen molar-refractivity contribution in [3.8, 4) is 5.75 Å². The number of benzene rings is 3. The maximum absolute atomic E-state index is 13.7. The van der Waals surface area contributed by atoms with Gasteiger partial charge in [0.2, 0.25) is 10.0 Å². The van der Waals surface area contributed by atoms with Gasteiger partial charge >= 0.3 is 0 Å². The SMILES string of the molecule is COc1c(NC(=O)c2ccc(C)c(N3C=C(c4cnc(C(C)(C)c5ccccc5)n4C)NN3)c2)cc(C(C)(C)C)cc1NS(C)(=O)=O. The molecule has 0 bridgehead atoms. The lowest BCUT2D eigenvalue weighted by molar-refractivity contribution is 0.102. The lowest BCUT2D eigenvalue weighted by Crippen LogP contribution is -2.37. The van der Waals surface area contributed by atoms with Crippen LogP contribution in [0, 0.1) is 6.92 Å². The van der Waals surface area contributed by atoms with E-state index in [0.717, 1.165) is 40.3 Å². The van der Waals surface area contributed by atoms with Crippen molar-refractivity contribution < 1.29 is 17.9 Å². The summed E-state index contributed by atoms with van der Waals surface area (Å²) >= 11 is 0. The van der Waals surface area contributed by atoms with Crippen molar-refractivity contribution >= 4 is 38.7 Å². The van der Waals surface area contributed by atoms with Crippen LogP contribution in [-0.4, -0.2) is 37.2 Å². The van der Waals surface area contributed by atoms with Gasteiger partial charge in [-0.3, -0.25) is 20.0 Å². The number of imidazole rings is 1. The topological polar surface area (TPSA) is 130 Å². The van der Waals surface area contributed by atoms with Gasteiger partial charge in [-0.2, -0.15) is 0 Å². The number of rotatable bonds is 9. The highest BCUT2D eigenvalue weighted by molar-refractivity contribution is 7.92. The fraction of sp³-hybridized carbons (Fsp3) is 0.314. The Hall–Kier alpha value is -4.81. The van der Waals surface area contributed by atoms with Crippen molar-refractivity contribution in [2.75, 3.05) is 28.4 Å². The predicted octanol–water partition coefficient (Wildman–Crippen LogP) is 5.81. The zero-order valence-electron chi connectivity index (χ0n) is 28.3. The molecule has 1 aliphatic rings. The minimum atomic E-state index is -3.61. The number of methoxy groups -OCH3 is 1. The van der Waals surface area contributed by atoms with Gasteiger partial charge in [0.15, 0.2) is 5.75 Å². The molecule has 1 aromatic heterocycles. The molecule has 0 atom stereocenters. The highest BCUT2D eigenvalue weighted by atomic mass is 32.2. The first-order valence-corrected chi connectivity index (χ1v) is 17.1. The van der Waals surface area contributed by atoms with Gasteiger partial charge in [-0.25, -0.2) is 13.4 Å². The van der Waals surface area contributed by atoms with Gasteiger partial charge in [-0.1, -0.05) is 57.2 Å². The Morgan fingerprint density at radius 2 is 1.64 bits per heavy atom. The lowest BCUT2D eigenvalue weighted by Gasteiger charge is -2.25. The smallest absolute Gasteiger partial charge is 0.255 e. The number of aryl methyl sites for hydroxylation is 1. The average molecular weight is 658 g/mol. The van der Waals surface area contributed by atoms with Crippen LogP contribution in [-0.2, 0) is 27.9 Å². The van der Waals surface area contributed by atoms with E-state index in [4.69, 9.17) is 9.72 Å². The second-order valence-corrected chi connectivity index (χ2v) is 15.1. The summed E-state index contributed by atoms with van der Waals surface area (Å²) < 4.78 is 34.5. The normalized spacial score (nSPS) is 13.6. The third-order valence-corrected chi connectivity index (χ3v) is 8.91. The van der Waals surface area contributed by atoms with Crippen molar-refractivity contribution in [1.29, 1.82) is 0 Å². The Morgan fingerprint density at radius 1 is 0.957 bits per heavy atom. The molecule has 4 aromatic rings. The quantitative estimate of drug-likeness (QED) is 0.178. The zero-order chi connectivity index (χ0) is 34.3. The molecular formula is C35H43N7O4S. The molecule has 248 valence electrons. The molecule has 5 rings (SSSR count). The lowest BCUT2D eigenvalue weighted by atomic mass is 9.84. The Bertz CT molecular complexity index is 1960. The minimum Gasteiger partial charge on any atom is -0.492 e. The Balaban J connectivity index is 1.44. The maximum atomic E-state index is 13.7. The Kier molecular flexibility index (Phi) is 8.87. The average Bonchev–Trinajstić information content (AvgIpc) is 3.63. The molecule has 0 radical (unpaired) electrons. The van der Waals surface area contributed by atoms with Gasteiger partial charge < -0.3 is 14.6 Å². The highest BCUT2D eigenvalue weighted by Crippen LogP contribution is 2.39. The predicted molar refractivity (Wildman–Crippen MR) is 188 cm³/mol. The van der Waals surface area contributed by atoms with E-state index in [2.05, 4.69) is 51.5 Å². The molecule has 3 aromatic carbocycles. The summed E-state index contributed by atoms with van der Waals surface area (Å²) in [4.78, 5) is 18.5. The van der Waals surface area contributed by atoms with Gasteiger partial charge in [0.05, 0.1) is 54.2 Å². The Morgan fingerprint density at radius 3 is 2.28 bits per heavy atom. The van der Waals surface area contributed by atoms with E-state index < -0.39 is 10.0 Å². The summed E-state index contributed by atoms with van der Waals surface area (Å²) in [5, 5.41) is 4.77. The summed E-state index contributed by atoms with van der Waals surface area (Å²) in [6.07, 6.45) is 4.86. The van der Waals surface area contributed by atoms with E-state index in [0.29, 0.717) is 11.3 Å². The minimum absolute atomic E-state index is 0.216. The van der Waals surface area contributed by atoms with Crippen molar-refractivity contribution in [3.63, 3.8) is 0 Å². The van der Waals surface area contributed by atoms with Crippen LogP contribution in [0.2, 0.25) is 0 Å². The molecule has 0 fully saturated rings. The summed E-state index contributed by atoms with van der Waals surface area (Å²) in [6.45, 7) is 12.3. The second-order valence-electron chi connectivity index (χ2n) is 13.4. The molecule has 12 heteroatoms. The maximum Gasteiger partial charge on any atom is 0.255 e. The van der Waals surface area contributed by atoms with Gasteiger partial charge in [0.25, 0.3) is 5.91 Å². The number of sulfonamides is 1. The van der Waals surface area contributed by atoms with E-state index in [-0.39, 0.29) is 28.2 Å². The van der Waals surface area contributed by atoms with Crippen LogP contribution in [0.4, 0.5) is 17.1 Å². The number of aromatic nitrogens is 2. The number of nitrogens with zero attached hydrogens (tertiary/aromatic N) is 3. The van der Waals surface area contributed by atoms with E-state index in [9.17, 15) is 13.2 Å². The largest absolute Gasteiger partial charge is 0.492 e. The van der Waals surface area contributed by atoms with E-state index in [1.54, 1.807) is 18.2 Å². The summed E-state index contributed by atoms with van der Waals surface area (Å²) in [6, 6.07) is 19.2. The van der Waals surface area contributed by atoms with Crippen molar-refractivity contribution in [3.05, 3.63) is 107 Å². The highest BCUT2D eigenvalue weighted by Gasteiger charge is 2.30. The van der Waals surface area contributed by atoms with Crippen LogP contribution < -0.4 is 30.7 Å². The van der Waals surface area contributed by atoms with Crippen LogP contribution >= 0.6 is 0 Å². The van der Waals surface area contributed by atoms with E-state index in [1.807, 2.05) is 82.5 Å². The monoisotopic (exact) mass is 657 g/mol.